The van der Waals surface area contributed by atoms with Gasteiger partial charge in [-0.3, -0.25) is 4.79 Å². The Balaban J connectivity index is 2.28. The molecule has 1 fully saturated rings. The van der Waals surface area contributed by atoms with Crippen molar-refractivity contribution in [2.75, 3.05) is 13.2 Å². The van der Waals surface area contributed by atoms with Gasteiger partial charge in [-0.25, -0.2) is 0 Å². The van der Waals surface area contributed by atoms with Gasteiger partial charge in [0.1, 0.15) is 0 Å². The van der Waals surface area contributed by atoms with Crippen LogP contribution in [0.2, 0.25) is 0 Å². The highest BCUT2D eigenvalue weighted by Crippen LogP contribution is 2.44. The van der Waals surface area contributed by atoms with E-state index in [1.165, 1.54) is 0 Å². The Morgan fingerprint density at radius 1 is 1.47 bits per heavy atom. The van der Waals surface area contributed by atoms with Crippen molar-refractivity contribution in [3.63, 3.8) is 0 Å². The van der Waals surface area contributed by atoms with Gasteiger partial charge in [0.2, 0.25) is 5.91 Å². The van der Waals surface area contributed by atoms with E-state index in [2.05, 4.69) is 17.6 Å². The molecular weight excluding hydrogens is 216 g/mol. The first-order valence-electron chi connectivity index (χ1n) is 6.42. The third-order valence-corrected chi connectivity index (χ3v) is 3.45. The Kier molecular flexibility index (Phi) is 4.55. The van der Waals surface area contributed by atoms with Crippen molar-refractivity contribution in [1.29, 1.82) is 0 Å². The molecular formula is C13H26N2O2. The second kappa shape index (κ2) is 5.36. The monoisotopic (exact) mass is 242 g/mol. The molecule has 4 heteroatoms. The zero-order valence-electron chi connectivity index (χ0n) is 11.5. The normalized spacial score (nSPS) is 19.8. The molecule has 0 bridgehead atoms. The first kappa shape index (κ1) is 14.5. The Bertz CT molecular complexity index is 273. The summed E-state index contributed by atoms with van der Waals surface area (Å²) in [6.45, 7) is 8.89. The lowest BCUT2D eigenvalue weighted by Gasteiger charge is -2.30. The van der Waals surface area contributed by atoms with Gasteiger partial charge in [0, 0.05) is 37.1 Å². The highest BCUT2D eigenvalue weighted by atomic mass is 16.3. The van der Waals surface area contributed by atoms with E-state index in [9.17, 15) is 9.90 Å². The van der Waals surface area contributed by atoms with Crippen molar-refractivity contribution in [3.8, 4) is 0 Å². The number of rotatable bonds is 7. The molecule has 0 aromatic carbocycles. The number of hydrogen-bond acceptors (Lipinski definition) is 3. The minimum atomic E-state index is -0.186. The quantitative estimate of drug-likeness (QED) is 0.625. The van der Waals surface area contributed by atoms with Crippen LogP contribution in [0.4, 0.5) is 0 Å². The Morgan fingerprint density at radius 2 is 2.06 bits per heavy atom. The first-order valence-corrected chi connectivity index (χ1v) is 6.42. The van der Waals surface area contributed by atoms with Gasteiger partial charge in [-0.1, -0.05) is 0 Å². The maximum atomic E-state index is 11.0. The molecule has 4 nitrogen and oxygen atoms in total. The van der Waals surface area contributed by atoms with Gasteiger partial charge in [0.15, 0.2) is 0 Å². The molecule has 3 N–H and O–H groups in total. The Hall–Kier alpha value is -0.610. The summed E-state index contributed by atoms with van der Waals surface area (Å²) in [4.78, 5) is 11.0. The molecule has 0 aromatic heterocycles. The second-order valence-corrected chi connectivity index (χ2v) is 6.21. The van der Waals surface area contributed by atoms with E-state index in [1.807, 2.05) is 13.8 Å². The van der Waals surface area contributed by atoms with Crippen LogP contribution in [-0.2, 0) is 4.79 Å². The molecule has 1 atom stereocenters. The number of carbonyl (C=O) groups excluding carboxylic acids is 1. The third-order valence-electron chi connectivity index (χ3n) is 3.45. The molecule has 0 aliphatic heterocycles. The summed E-state index contributed by atoms with van der Waals surface area (Å²) < 4.78 is 0. The molecule has 0 heterocycles. The van der Waals surface area contributed by atoms with E-state index in [-0.39, 0.29) is 23.5 Å². The van der Waals surface area contributed by atoms with Crippen LogP contribution in [0.1, 0.15) is 47.0 Å². The first-order chi connectivity index (χ1) is 7.79. The zero-order valence-corrected chi connectivity index (χ0v) is 11.5. The topological polar surface area (TPSA) is 61.4 Å². The van der Waals surface area contributed by atoms with E-state index in [0.717, 1.165) is 25.8 Å². The number of carbonyl (C=O) groups is 1. The minimum absolute atomic E-state index is 0.0104. The second-order valence-electron chi connectivity index (χ2n) is 6.21. The number of aliphatic hydroxyl groups excluding tert-OH is 1. The van der Waals surface area contributed by atoms with E-state index in [1.54, 1.807) is 6.92 Å². The number of hydrogen-bond donors (Lipinski definition) is 3. The van der Waals surface area contributed by atoms with Gasteiger partial charge in [-0.2, -0.15) is 0 Å². The molecule has 0 radical (unpaired) electrons. The summed E-state index contributed by atoms with van der Waals surface area (Å²) in [7, 11) is 0. The highest BCUT2D eigenvalue weighted by molar-refractivity contribution is 5.73. The van der Waals surface area contributed by atoms with Crippen LogP contribution < -0.4 is 10.6 Å². The fourth-order valence-corrected chi connectivity index (χ4v) is 2.32. The van der Waals surface area contributed by atoms with Crippen LogP contribution in [0.25, 0.3) is 0 Å². The lowest BCUT2D eigenvalue weighted by Crippen LogP contribution is -2.47. The fourth-order valence-electron chi connectivity index (χ4n) is 2.32. The number of amides is 1. The molecule has 0 saturated heterocycles. The van der Waals surface area contributed by atoms with E-state index >= 15 is 0 Å². The largest absolute Gasteiger partial charge is 0.396 e. The molecule has 1 rings (SSSR count). The van der Waals surface area contributed by atoms with Crippen LogP contribution in [0.5, 0.6) is 0 Å². The predicted molar refractivity (Wildman–Crippen MR) is 68.7 cm³/mol. The Labute approximate surface area is 104 Å². The Morgan fingerprint density at radius 3 is 2.47 bits per heavy atom. The molecule has 0 spiro atoms. The van der Waals surface area contributed by atoms with Gasteiger partial charge < -0.3 is 15.7 Å². The number of nitrogens with one attached hydrogen (secondary N) is 2. The SMILES string of the molecule is CC(=O)NC(C)(C)CC(C)NCC1(CO)CC1. The maximum absolute atomic E-state index is 11.0. The fraction of sp³-hybridized carbons (Fsp3) is 0.923. The van der Waals surface area contributed by atoms with E-state index in [4.69, 9.17) is 0 Å². The third kappa shape index (κ3) is 5.04. The summed E-state index contributed by atoms with van der Waals surface area (Å²) in [5.74, 6) is 0.0104. The standard InChI is InChI=1S/C13H26N2O2/c1-10(7-12(3,4)15-11(2)17)14-8-13(9-16)5-6-13/h10,14,16H,5-9H2,1-4H3,(H,15,17). The van der Waals surface area contributed by atoms with Crippen LogP contribution in [0.3, 0.4) is 0 Å². The summed E-state index contributed by atoms with van der Waals surface area (Å²) in [5.41, 5.74) is -0.0411. The lowest BCUT2D eigenvalue weighted by atomic mass is 9.95. The van der Waals surface area contributed by atoms with Crippen molar-refractivity contribution in [2.24, 2.45) is 5.41 Å². The van der Waals surface area contributed by atoms with Crippen LogP contribution in [0, 0.1) is 5.41 Å². The molecule has 1 unspecified atom stereocenters. The van der Waals surface area contributed by atoms with Gasteiger partial charge in [0.25, 0.3) is 0 Å². The smallest absolute Gasteiger partial charge is 0.217 e. The van der Waals surface area contributed by atoms with Gasteiger partial charge in [-0.15, -0.1) is 0 Å². The molecule has 17 heavy (non-hydrogen) atoms. The molecule has 100 valence electrons. The molecule has 0 aromatic rings. The van der Waals surface area contributed by atoms with Crippen molar-refractivity contribution in [3.05, 3.63) is 0 Å². The summed E-state index contributed by atoms with van der Waals surface area (Å²) in [6, 6.07) is 0.334. The van der Waals surface area contributed by atoms with Gasteiger partial charge in [0.05, 0.1) is 0 Å². The van der Waals surface area contributed by atoms with Crippen molar-refractivity contribution < 1.29 is 9.90 Å². The molecule has 1 aliphatic rings. The van der Waals surface area contributed by atoms with Gasteiger partial charge in [-0.05, 0) is 40.0 Å². The van der Waals surface area contributed by atoms with E-state index in [0.29, 0.717) is 6.04 Å². The highest BCUT2D eigenvalue weighted by Gasteiger charge is 2.41. The van der Waals surface area contributed by atoms with Crippen molar-refractivity contribution in [2.45, 2.75) is 58.5 Å². The predicted octanol–water partition coefficient (Wildman–Crippen LogP) is 1.04. The lowest BCUT2D eigenvalue weighted by molar-refractivity contribution is -0.120. The summed E-state index contributed by atoms with van der Waals surface area (Å²) in [6.07, 6.45) is 3.13. The maximum Gasteiger partial charge on any atom is 0.217 e. The van der Waals surface area contributed by atoms with Crippen molar-refractivity contribution >= 4 is 5.91 Å². The zero-order chi connectivity index (χ0) is 13.1. The van der Waals surface area contributed by atoms with Crippen LogP contribution in [-0.4, -0.2) is 35.7 Å². The molecule has 1 amide bonds. The molecule has 1 aliphatic carbocycles. The minimum Gasteiger partial charge on any atom is -0.396 e. The average molecular weight is 242 g/mol. The van der Waals surface area contributed by atoms with Crippen LogP contribution in [0.15, 0.2) is 0 Å². The van der Waals surface area contributed by atoms with E-state index < -0.39 is 0 Å². The average Bonchev–Trinajstić information content (AvgIpc) is 2.92. The van der Waals surface area contributed by atoms with Gasteiger partial charge >= 0.3 is 0 Å². The van der Waals surface area contributed by atoms with Crippen LogP contribution >= 0.6 is 0 Å². The summed E-state index contributed by atoms with van der Waals surface area (Å²) >= 11 is 0. The molecule has 1 saturated carbocycles. The number of aliphatic hydroxyl groups is 1. The van der Waals surface area contributed by atoms with Crippen molar-refractivity contribution in [1.82, 2.24) is 10.6 Å². The summed E-state index contributed by atoms with van der Waals surface area (Å²) in [5, 5.41) is 15.6.